The molecule has 0 aliphatic heterocycles. The van der Waals surface area contributed by atoms with Gasteiger partial charge < -0.3 is 0 Å². The van der Waals surface area contributed by atoms with E-state index in [0.717, 1.165) is 0 Å². The summed E-state index contributed by atoms with van der Waals surface area (Å²) in [6, 6.07) is 32.5. The fraction of sp³-hybridized carbons (Fsp3) is 0.185. The predicted octanol–water partition coefficient (Wildman–Crippen LogP) is 6.19. The van der Waals surface area contributed by atoms with E-state index in [0.29, 0.717) is 5.92 Å². The molecule has 3 aromatic carbocycles. The summed E-state index contributed by atoms with van der Waals surface area (Å²) in [6.45, 7) is 8.67. The van der Waals surface area contributed by atoms with Crippen LogP contribution >= 0.6 is 37.2 Å². The van der Waals surface area contributed by atoms with Crippen LogP contribution in [-0.2, 0) is 21.7 Å². The van der Waals surface area contributed by atoms with Crippen LogP contribution in [0.15, 0.2) is 108 Å². The van der Waals surface area contributed by atoms with Crippen molar-refractivity contribution in [2.24, 2.45) is 5.92 Å². The maximum absolute atomic E-state index is 3.36. The zero-order valence-corrected chi connectivity index (χ0v) is 24.0. The molecule has 0 spiro atoms. The van der Waals surface area contributed by atoms with Gasteiger partial charge in [-0.15, -0.1) is 44.1 Å². The van der Waals surface area contributed by atoms with E-state index in [2.05, 4.69) is 125 Å². The van der Waals surface area contributed by atoms with Gasteiger partial charge in [0.05, 0.1) is 0 Å². The molecule has 0 bridgehead atoms. The summed E-state index contributed by atoms with van der Waals surface area (Å²) in [5.41, 5.74) is 4.25. The zero-order chi connectivity index (χ0) is 19.9. The first-order chi connectivity index (χ1) is 13.6. The summed E-state index contributed by atoms with van der Waals surface area (Å²) in [5, 5.41) is 4.31. The molecule has 4 rings (SSSR count). The SMILES string of the molecule is CC1=[C-]C(C)C(C)=C1C.Cl.Cl.Cl.[Ti].c1ccc([Si](c2ccccc2)c2ccccc2)cc1. The molecule has 0 amide bonds. The Kier molecular flexibility index (Phi) is 17.1. The summed E-state index contributed by atoms with van der Waals surface area (Å²) in [6.07, 6.45) is 3.36. The molecule has 0 saturated heterocycles. The summed E-state index contributed by atoms with van der Waals surface area (Å²) >= 11 is 0. The second-order valence-electron chi connectivity index (χ2n) is 7.27. The molecule has 1 aliphatic rings. The molecular formula is C27H31Cl3SiTi-. The van der Waals surface area contributed by atoms with Crippen molar-refractivity contribution in [3.8, 4) is 0 Å². The first kappa shape index (κ1) is 33.1. The number of halogens is 3. The van der Waals surface area contributed by atoms with Gasteiger partial charge in [-0.05, 0) is 0 Å². The van der Waals surface area contributed by atoms with Crippen molar-refractivity contribution in [2.45, 2.75) is 27.7 Å². The summed E-state index contributed by atoms with van der Waals surface area (Å²) in [5.74, 6) is 0.560. The van der Waals surface area contributed by atoms with E-state index in [9.17, 15) is 0 Å². The maximum atomic E-state index is 3.36. The molecule has 0 nitrogen and oxygen atoms in total. The molecule has 1 unspecified atom stereocenters. The van der Waals surface area contributed by atoms with Gasteiger partial charge in [-0.1, -0.05) is 133 Å². The van der Waals surface area contributed by atoms with E-state index in [-0.39, 0.29) is 58.9 Å². The number of rotatable bonds is 3. The first-order valence-electron chi connectivity index (χ1n) is 9.89. The summed E-state index contributed by atoms with van der Waals surface area (Å²) in [4.78, 5) is 0. The molecular weight excluding hydrogens is 507 g/mol. The average Bonchev–Trinajstić information content (AvgIpc) is 2.96. The summed E-state index contributed by atoms with van der Waals surface area (Å²) in [7, 11) is -0.877. The van der Waals surface area contributed by atoms with Gasteiger partial charge in [0.25, 0.3) is 0 Å². The molecule has 0 heterocycles. The van der Waals surface area contributed by atoms with Crippen molar-refractivity contribution in [2.75, 3.05) is 0 Å². The first-order valence-corrected chi connectivity index (χ1v) is 11.4. The van der Waals surface area contributed by atoms with Crippen LogP contribution in [0.25, 0.3) is 0 Å². The average molecular weight is 538 g/mol. The van der Waals surface area contributed by atoms with Crippen LogP contribution in [0.4, 0.5) is 0 Å². The smallest absolute Gasteiger partial charge is 0.154 e. The molecule has 0 saturated carbocycles. The van der Waals surface area contributed by atoms with Crippen molar-refractivity contribution < 1.29 is 21.7 Å². The van der Waals surface area contributed by atoms with Gasteiger partial charge in [-0.2, -0.15) is 11.1 Å². The van der Waals surface area contributed by atoms with E-state index in [1.165, 1.54) is 32.3 Å². The van der Waals surface area contributed by atoms with Gasteiger partial charge in [0.2, 0.25) is 0 Å². The molecule has 3 aromatic rings. The van der Waals surface area contributed by atoms with Crippen LogP contribution < -0.4 is 15.6 Å². The molecule has 1 atom stereocenters. The Morgan fingerprint density at radius 3 is 1.09 bits per heavy atom. The van der Waals surface area contributed by atoms with Crippen molar-refractivity contribution >= 4 is 61.6 Å². The quantitative estimate of drug-likeness (QED) is 0.212. The van der Waals surface area contributed by atoms with Gasteiger partial charge in [0.15, 0.2) is 8.80 Å². The molecule has 169 valence electrons. The van der Waals surface area contributed by atoms with E-state index in [1.807, 2.05) is 0 Å². The largest absolute Gasteiger partial charge is 0.266 e. The Bertz CT molecular complexity index is 864. The second kappa shape index (κ2) is 16.5. The number of hydrogen-bond acceptors (Lipinski definition) is 0. The third-order valence-corrected chi connectivity index (χ3v) is 8.16. The minimum atomic E-state index is -0.877. The van der Waals surface area contributed by atoms with Crippen molar-refractivity contribution in [1.82, 2.24) is 0 Å². The Morgan fingerprint density at radius 1 is 0.594 bits per heavy atom. The van der Waals surface area contributed by atoms with Crippen LogP contribution in [0.1, 0.15) is 27.7 Å². The van der Waals surface area contributed by atoms with Gasteiger partial charge in [-0.3, -0.25) is 6.08 Å². The number of hydrogen-bond donors (Lipinski definition) is 0. The molecule has 1 aliphatic carbocycles. The van der Waals surface area contributed by atoms with E-state index in [1.54, 1.807) is 0 Å². The Hall–Kier alpha value is -1.06. The number of benzene rings is 3. The minimum Gasteiger partial charge on any atom is -0.266 e. The van der Waals surface area contributed by atoms with Crippen LogP contribution in [-0.4, -0.2) is 8.80 Å². The predicted molar refractivity (Wildman–Crippen MR) is 146 cm³/mol. The topological polar surface area (TPSA) is 0 Å². The standard InChI is InChI=1S/C18H15Si.C9H13.3ClH.Ti/c1-4-10-16(11-5-1)19(17-12-6-2-7-13-17)18-14-8-3-9-15-18;1-6-5-7(2)9(4)8(6)3;;;;/h1-15H;6H,1-4H3;3*1H;/q;-1;;;;. The normalized spacial score (nSPS) is 13.9. The van der Waals surface area contributed by atoms with Gasteiger partial charge >= 0.3 is 0 Å². The Labute approximate surface area is 229 Å². The molecule has 0 fully saturated rings. The Morgan fingerprint density at radius 2 is 0.906 bits per heavy atom. The molecule has 1 radical (unpaired) electrons. The number of allylic oxidation sites excluding steroid dienone is 4. The van der Waals surface area contributed by atoms with Crippen LogP contribution in [0.3, 0.4) is 0 Å². The third kappa shape index (κ3) is 8.71. The van der Waals surface area contributed by atoms with Crippen molar-refractivity contribution in [1.29, 1.82) is 0 Å². The maximum Gasteiger partial charge on any atom is 0.154 e. The van der Waals surface area contributed by atoms with Crippen molar-refractivity contribution in [3.63, 3.8) is 0 Å². The van der Waals surface area contributed by atoms with E-state index in [4.69, 9.17) is 0 Å². The van der Waals surface area contributed by atoms with E-state index < -0.39 is 8.80 Å². The molecule has 0 N–H and O–H groups in total. The van der Waals surface area contributed by atoms with Gasteiger partial charge in [0.1, 0.15) is 0 Å². The fourth-order valence-corrected chi connectivity index (χ4v) is 6.05. The third-order valence-electron chi connectivity index (χ3n) is 5.42. The van der Waals surface area contributed by atoms with Gasteiger partial charge in [-0.25, -0.2) is 5.57 Å². The fourth-order valence-electron chi connectivity index (χ4n) is 3.48. The Balaban J connectivity index is 0. The zero-order valence-electron chi connectivity index (χ0n) is 19.0. The van der Waals surface area contributed by atoms with Crippen molar-refractivity contribution in [3.05, 3.63) is 114 Å². The van der Waals surface area contributed by atoms with Crippen LogP contribution in [0.2, 0.25) is 0 Å². The van der Waals surface area contributed by atoms with Crippen LogP contribution in [0, 0.1) is 12.0 Å². The molecule has 32 heavy (non-hydrogen) atoms. The molecule has 5 heteroatoms. The van der Waals surface area contributed by atoms with Crippen LogP contribution in [0.5, 0.6) is 0 Å². The second-order valence-corrected chi connectivity index (χ2v) is 9.75. The minimum absolute atomic E-state index is 0. The molecule has 0 aromatic heterocycles. The monoisotopic (exact) mass is 536 g/mol. The van der Waals surface area contributed by atoms with Gasteiger partial charge in [0, 0.05) is 21.7 Å². The van der Waals surface area contributed by atoms with E-state index >= 15 is 0 Å². The summed E-state index contributed by atoms with van der Waals surface area (Å²) < 4.78 is 0.